The summed E-state index contributed by atoms with van der Waals surface area (Å²) in [5.41, 5.74) is 1.08. The summed E-state index contributed by atoms with van der Waals surface area (Å²) in [6, 6.07) is 5.77. The lowest BCUT2D eigenvalue weighted by atomic mass is 10.1. The molecule has 6 nitrogen and oxygen atoms in total. The average molecular weight is 291 g/mol. The van der Waals surface area contributed by atoms with E-state index in [9.17, 15) is 0 Å². The summed E-state index contributed by atoms with van der Waals surface area (Å²) in [5, 5.41) is 7.17. The van der Waals surface area contributed by atoms with Crippen LogP contribution in [0.25, 0.3) is 0 Å². The molecule has 0 aliphatic heterocycles. The molecular weight excluding hydrogens is 270 g/mol. The van der Waals surface area contributed by atoms with Gasteiger partial charge in [-0.3, -0.25) is 0 Å². The number of nitrogens with one attached hydrogen (secondary N) is 1. The Kier molecular flexibility index (Phi) is 4.80. The Hall–Kier alpha value is -2.08. The van der Waals surface area contributed by atoms with Crippen LogP contribution in [-0.2, 0) is 13.2 Å². The quantitative estimate of drug-likeness (QED) is 0.882. The van der Waals surface area contributed by atoms with E-state index >= 15 is 0 Å². The van der Waals surface area contributed by atoms with Gasteiger partial charge in [-0.25, -0.2) is 0 Å². The van der Waals surface area contributed by atoms with Crippen molar-refractivity contribution in [2.24, 2.45) is 0 Å². The summed E-state index contributed by atoms with van der Waals surface area (Å²) in [4.78, 5) is 3.94. The van der Waals surface area contributed by atoms with Gasteiger partial charge in [0, 0.05) is 23.7 Å². The van der Waals surface area contributed by atoms with Crippen molar-refractivity contribution in [3.05, 3.63) is 36.0 Å². The SMILES string of the molecule is COc1ccc(CNC(C)(C)C)c(OCc2ncon2)c1. The standard InChI is InChI=1S/C15H21N3O3/c1-15(2,3)17-8-11-5-6-12(19-4)7-13(11)20-9-14-16-10-21-18-14/h5-7,10,17H,8-9H2,1-4H3. The zero-order valence-corrected chi connectivity index (χ0v) is 12.8. The van der Waals surface area contributed by atoms with Crippen LogP contribution < -0.4 is 14.8 Å². The number of aromatic nitrogens is 2. The third kappa shape index (κ3) is 4.75. The van der Waals surface area contributed by atoms with E-state index in [-0.39, 0.29) is 12.1 Å². The van der Waals surface area contributed by atoms with Crippen molar-refractivity contribution < 1.29 is 14.0 Å². The molecule has 1 heterocycles. The van der Waals surface area contributed by atoms with Gasteiger partial charge in [0.15, 0.2) is 6.61 Å². The minimum absolute atomic E-state index is 0.0326. The van der Waals surface area contributed by atoms with Crippen LogP contribution in [0.4, 0.5) is 0 Å². The Morgan fingerprint density at radius 3 is 2.71 bits per heavy atom. The van der Waals surface area contributed by atoms with Crippen molar-refractivity contribution in [2.75, 3.05) is 7.11 Å². The van der Waals surface area contributed by atoms with Crippen molar-refractivity contribution >= 4 is 0 Å². The molecule has 2 aromatic rings. The summed E-state index contributed by atoms with van der Waals surface area (Å²) >= 11 is 0. The number of hydrogen-bond donors (Lipinski definition) is 1. The first-order chi connectivity index (χ1) is 9.98. The predicted molar refractivity (Wildman–Crippen MR) is 78.2 cm³/mol. The molecule has 1 aromatic carbocycles. The summed E-state index contributed by atoms with van der Waals surface area (Å²) < 4.78 is 15.7. The minimum atomic E-state index is 0.0326. The Morgan fingerprint density at radius 2 is 2.10 bits per heavy atom. The molecule has 2 rings (SSSR count). The van der Waals surface area contributed by atoms with Crippen molar-refractivity contribution in [1.29, 1.82) is 0 Å². The van der Waals surface area contributed by atoms with Crippen molar-refractivity contribution in [2.45, 2.75) is 39.5 Å². The van der Waals surface area contributed by atoms with Gasteiger partial charge >= 0.3 is 0 Å². The molecule has 114 valence electrons. The molecule has 6 heteroatoms. The highest BCUT2D eigenvalue weighted by Gasteiger charge is 2.12. The third-order valence-electron chi connectivity index (χ3n) is 2.85. The van der Waals surface area contributed by atoms with Crippen LogP contribution in [0.3, 0.4) is 0 Å². The molecule has 0 unspecified atom stereocenters. The maximum absolute atomic E-state index is 5.78. The highest BCUT2D eigenvalue weighted by Crippen LogP contribution is 2.26. The van der Waals surface area contributed by atoms with Gasteiger partial charge in [0.2, 0.25) is 12.2 Å². The first-order valence-corrected chi connectivity index (χ1v) is 6.78. The van der Waals surface area contributed by atoms with Crippen LogP contribution in [0, 0.1) is 0 Å². The molecule has 0 spiro atoms. The topological polar surface area (TPSA) is 69.4 Å². The van der Waals surface area contributed by atoms with Crippen molar-refractivity contribution in [3.63, 3.8) is 0 Å². The molecule has 0 aliphatic carbocycles. The molecule has 0 amide bonds. The fraction of sp³-hybridized carbons (Fsp3) is 0.467. The van der Waals surface area contributed by atoms with E-state index in [1.54, 1.807) is 7.11 Å². The van der Waals surface area contributed by atoms with Crippen LogP contribution in [0.2, 0.25) is 0 Å². The van der Waals surface area contributed by atoms with E-state index in [1.165, 1.54) is 6.39 Å². The Bertz CT molecular complexity index is 562. The molecule has 21 heavy (non-hydrogen) atoms. The van der Waals surface area contributed by atoms with Gasteiger partial charge < -0.3 is 19.3 Å². The maximum atomic E-state index is 5.78. The van der Waals surface area contributed by atoms with E-state index in [0.29, 0.717) is 12.4 Å². The van der Waals surface area contributed by atoms with Crippen LogP contribution in [0.5, 0.6) is 11.5 Å². The first kappa shape index (κ1) is 15.3. The Balaban J connectivity index is 2.11. The third-order valence-corrected chi connectivity index (χ3v) is 2.85. The van der Waals surface area contributed by atoms with Crippen molar-refractivity contribution in [1.82, 2.24) is 15.5 Å². The summed E-state index contributed by atoms with van der Waals surface area (Å²) in [6.45, 7) is 7.32. The summed E-state index contributed by atoms with van der Waals surface area (Å²) in [5.74, 6) is 2.00. The molecule has 0 fully saturated rings. The van der Waals surface area contributed by atoms with Crippen LogP contribution in [0.15, 0.2) is 29.1 Å². The fourth-order valence-electron chi connectivity index (χ4n) is 1.70. The molecule has 0 saturated heterocycles. The molecule has 0 radical (unpaired) electrons. The molecule has 1 aromatic heterocycles. The number of nitrogens with zero attached hydrogens (tertiary/aromatic N) is 2. The van der Waals surface area contributed by atoms with Gasteiger partial charge in [-0.1, -0.05) is 11.2 Å². The average Bonchev–Trinajstić information content (AvgIpc) is 2.95. The van der Waals surface area contributed by atoms with Gasteiger partial charge in [-0.2, -0.15) is 4.98 Å². The number of hydrogen-bond acceptors (Lipinski definition) is 6. The molecule has 0 saturated carbocycles. The highest BCUT2D eigenvalue weighted by atomic mass is 16.5. The van der Waals surface area contributed by atoms with E-state index in [1.807, 2.05) is 18.2 Å². The first-order valence-electron chi connectivity index (χ1n) is 6.78. The monoisotopic (exact) mass is 291 g/mol. The van der Waals surface area contributed by atoms with Crippen molar-refractivity contribution in [3.8, 4) is 11.5 Å². The zero-order valence-electron chi connectivity index (χ0n) is 12.8. The smallest absolute Gasteiger partial charge is 0.213 e. The predicted octanol–water partition coefficient (Wildman–Crippen LogP) is 2.55. The van der Waals surface area contributed by atoms with Gasteiger partial charge in [-0.15, -0.1) is 0 Å². The lowest BCUT2D eigenvalue weighted by Crippen LogP contribution is -2.35. The van der Waals surface area contributed by atoms with E-state index < -0.39 is 0 Å². The number of rotatable bonds is 6. The minimum Gasteiger partial charge on any atom is -0.497 e. The summed E-state index contributed by atoms with van der Waals surface area (Å²) in [6.07, 6.45) is 1.28. The number of methoxy groups -OCH3 is 1. The zero-order chi connectivity index (χ0) is 15.3. The van der Waals surface area contributed by atoms with Gasteiger partial charge in [0.05, 0.1) is 7.11 Å². The Morgan fingerprint density at radius 1 is 1.29 bits per heavy atom. The highest BCUT2D eigenvalue weighted by molar-refractivity contribution is 5.40. The van der Waals surface area contributed by atoms with Gasteiger partial charge in [0.25, 0.3) is 0 Å². The second kappa shape index (κ2) is 6.58. The van der Waals surface area contributed by atoms with E-state index in [4.69, 9.17) is 14.0 Å². The van der Waals surface area contributed by atoms with E-state index in [0.717, 1.165) is 17.1 Å². The molecule has 0 bridgehead atoms. The normalized spacial score (nSPS) is 11.4. The van der Waals surface area contributed by atoms with Crippen LogP contribution in [-0.4, -0.2) is 22.8 Å². The lowest BCUT2D eigenvalue weighted by molar-refractivity contribution is 0.280. The molecular formula is C15H21N3O3. The summed E-state index contributed by atoms with van der Waals surface area (Å²) in [7, 11) is 1.63. The maximum Gasteiger partial charge on any atom is 0.213 e. The van der Waals surface area contributed by atoms with Crippen LogP contribution >= 0.6 is 0 Å². The fourth-order valence-corrected chi connectivity index (χ4v) is 1.70. The molecule has 0 atom stereocenters. The molecule has 0 aliphatic rings. The second-order valence-electron chi connectivity index (χ2n) is 5.71. The van der Waals surface area contributed by atoms with E-state index in [2.05, 4.69) is 36.2 Å². The largest absolute Gasteiger partial charge is 0.497 e. The van der Waals surface area contributed by atoms with Gasteiger partial charge in [-0.05, 0) is 26.8 Å². The number of benzene rings is 1. The lowest BCUT2D eigenvalue weighted by Gasteiger charge is -2.21. The Labute approximate surface area is 124 Å². The van der Waals surface area contributed by atoms with Gasteiger partial charge in [0.1, 0.15) is 11.5 Å². The molecule has 1 N–H and O–H groups in total. The van der Waals surface area contributed by atoms with Crippen LogP contribution in [0.1, 0.15) is 32.2 Å². The number of ether oxygens (including phenoxy) is 2. The second-order valence-corrected chi connectivity index (χ2v) is 5.71.